The van der Waals surface area contributed by atoms with Crippen LogP contribution >= 0.6 is 0 Å². The van der Waals surface area contributed by atoms with Gasteiger partial charge in [0.2, 0.25) is 0 Å². The molecule has 21 heavy (non-hydrogen) atoms. The van der Waals surface area contributed by atoms with Crippen molar-refractivity contribution in [1.29, 1.82) is 0 Å². The van der Waals surface area contributed by atoms with E-state index in [0.717, 1.165) is 25.7 Å². The average Bonchev–Trinajstić information content (AvgIpc) is 2.38. The minimum absolute atomic E-state index is 0.0459. The Labute approximate surface area is 121 Å². The lowest BCUT2D eigenvalue weighted by molar-refractivity contribution is -0.274. The van der Waals surface area contributed by atoms with Gasteiger partial charge in [0.1, 0.15) is 0 Å². The molecule has 1 aromatic rings. The van der Waals surface area contributed by atoms with Crippen molar-refractivity contribution in [2.75, 3.05) is 11.9 Å². The molecule has 2 fully saturated rings. The predicted octanol–water partition coefficient (Wildman–Crippen LogP) is 4.10. The summed E-state index contributed by atoms with van der Waals surface area (Å²) >= 11 is 0. The van der Waals surface area contributed by atoms with Crippen LogP contribution in [0.4, 0.5) is 18.9 Å². The topological polar surface area (TPSA) is 30.5 Å². The Hall–Kier alpha value is -1.43. The van der Waals surface area contributed by atoms with Gasteiger partial charge >= 0.3 is 6.36 Å². The number of nitrogens with one attached hydrogen (secondary N) is 1. The van der Waals surface area contributed by atoms with Gasteiger partial charge in [0.15, 0.2) is 5.75 Å². The normalized spacial score (nSPS) is 24.4. The lowest BCUT2D eigenvalue weighted by Crippen LogP contribution is -2.49. The molecule has 1 spiro atoms. The molecular formula is C15H18F3NO2. The Morgan fingerprint density at radius 1 is 1.24 bits per heavy atom. The maximum atomic E-state index is 12.4. The molecule has 2 aliphatic rings. The first-order valence-corrected chi connectivity index (χ1v) is 7.21. The second-order valence-corrected chi connectivity index (χ2v) is 5.76. The fraction of sp³-hybridized carbons (Fsp3) is 0.600. The zero-order chi connectivity index (χ0) is 14.9. The molecule has 1 aliphatic heterocycles. The summed E-state index contributed by atoms with van der Waals surface area (Å²) in [4.78, 5) is 0. The first kappa shape index (κ1) is 14.5. The van der Waals surface area contributed by atoms with Crippen LogP contribution in [0.1, 0.15) is 32.1 Å². The molecule has 1 aromatic carbocycles. The number of para-hydroxylation sites is 2. The van der Waals surface area contributed by atoms with Crippen LogP contribution in [0.15, 0.2) is 24.3 Å². The molecule has 1 N–H and O–H groups in total. The summed E-state index contributed by atoms with van der Waals surface area (Å²) in [5, 5.41) is 3.19. The molecule has 0 bridgehead atoms. The summed E-state index contributed by atoms with van der Waals surface area (Å²) in [5.41, 5.74) is 0.339. The monoisotopic (exact) mass is 301 g/mol. The lowest BCUT2D eigenvalue weighted by atomic mass is 9.74. The Balaban J connectivity index is 1.69. The number of benzene rings is 1. The smallest absolute Gasteiger partial charge is 0.404 e. The van der Waals surface area contributed by atoms with E-state index < -0.39 is 6.36 Å². The third-order valence-electron chi connectivity index (χ3n) is 4.23. The molecule has 6 heteroatoms. The van der Waals surface area contributed by atoms with Crippen LogP contribution in [-0.4, -0.2) is 24.6 Å². The van der Waals surface area contributed by atoms with Gasteiger partial charge in [0, 0.05) is 12.6 Å². The second-order valence-electron chi connectivity index (χ2n) is 5.76. The molecule has 0 aromatic heterocycles. The van der Waals surface area contributed by atoms with Crippen LogP contribution in [-0.2, 0) is 4.74 Å². The van der Waals surface area contributed by atoms with Crippen molar-refractivity contribution in [3.8, 4) is 5.75 Å². The van der Waals surface area contributed by atoms with Crippen molar-refractivity contribution in [1.82, 2.24) is 0 Å². The maximum Gasteiger partial charge on any atom is 0.573 e. The van der Waals surface area contributed by atoms with E-state index in [4.69, 9.17) is 4.74 Å². The number of alkyl halides is 3. The van der Waals surface area contributed by atoms with E-state index in [-0.39, 0.29) is 17.4 Å². The van der Waals surface area contributed by atoms with E-state index in [0.29, 0.717) is 12.3 Å². The molecule has 1 aliphatic carbocycles. The maximum absolute atomic E-state index is 12.4. The molecule has 1 atom stereocenters. The first-order chi connectivity index (χ1) is 9.96. The summed E-state index contributed by atoms with van der Waals surface area (Å²) in [7, 11) is 0. The van der Waals surface area contributed by atoms with Crippen molar-refractivity contribution in [2.45, 2.75) is 50.1 Å². The molecule has 1 heterocycles. The quantitative estimate of drug-likeness (QED) is 0.912. The predicted molar refractivity (Wildman–Crippen MR) is 72.3 cm³/mol. The number of halogens is 3. The van der Waals surface area contributed by atoms with Crippen LogP contribution in [0.3, 0.4) is 0 Å². The van der Waals surface area contributed by atoms with Gasteiger partial charge < -0.3 is 14.8 Å². The van der Waals surface area contributed by atoms with Crippen molar-refractivity contribution in [3.05, 3.63) is 24.3 Å². The van der Waals surface area contributed by atoms with E-state index in [1.165, 1.54) is 18.6 Å². The summed E-state index contributed by atoms with van der Waals surface area (Å²) in [6, 6.07) is 6.29. The SMILES string of the molecule is FC(F)(F)Oc1ccccc1NC1CCOC2(CCC2)C1. The van der Waals surface area contributed by atoms with Crippen molar-refractivity contribution < 1.29 is 22.6 Å². The molecule has 1 saturated heterocycles. The van der Waals surface area contributed by atoms with E-state index in [9.17, 15) is 13.2 Å². The molecule has 0 amide bonds. The highest BCUT2D eigenvalue weighted by Crippen LogP contribution is 2.43. The number of hydrogen-bond donors (Lipinski definition) is 1. The van der Waals surface area contributed by atoms with Crippen LogP contribution in [0.25, 0.3) is 0 Å². The Morgan fingerprint density at radius 2 is 2.00 bits per heavy atom. The molecule has 116 valence electrons. The largest absolute Gasteiger partial charge is 0.573 e. The van der Waals surface area contributed by atoms with Crippen LogP contribution in [0.2, 0.25) is 0 Å². The minimum atomic E-state index is -4.68. The molecular weight excluding hydrogens is 283 g/mol. The van der Waals surface area contributed by atoms with Gasteiger partial charge in [-0.3, -0.25) is 0 Å². The molecule has 1 saturated carbocycles. The van der Waals surface area contributed by atoms with Gasteiger partial charge in [0.05, 0.1) is 11.3 Å². The third-order valence-corrected chi connectivity index (χ3v) is 4.23. The number of ether oxygens (including phenoxy) is 2. The minimum Gasteiger partial charge on any atom is -0.404 e. The zero-order valence-electron chi connectivity index (χ0n) is 11.6. The van der Waals surface area contributed by atoms with Gasteiger partial charge in [-0.25, -0.2) is 0 Å². The van der Waals surface area contributed by atoms with Crippen molar-refractivity contribution in [2.24, 2.45) is 0 Å². The van der Waals surface area contributed by atoms with Crippen LogP contribution < -0.4 is 10.1 Å². The summed E-state index contributed by atoms with van der Waals surface area (Å²) in [6.07, 6.45) is 0.219. The Morgan fingerprint density at radius 3 is 2.67 bits per heavy atom. The third kappa shape index (κ3) is 3.43. The van der Waals surface area contributed by atoms with Crippen LogP contribution in [0.5, 0.6) is 5.75 Å². The van der Waals surface area contributed by atoms with E-state index in [1.54, 1.807) is 12.1 Å². The van der Waals surface area contributed by atoms with Gasteiger partial charge in [-0.05, 0) is 44.2 Å². The highest BCUT2D eigenvalue weighted by molar-refractivity contribution is 5.57. The first-order valence-electron chi connectivity index (χ1n) is 7.21. The van der Waals surface area contributed by atoms with Gasteiger partial charge in [-0.1, -0.05) is 12.1 Å². The highest BCUT2D eigenvalue weighted by atomic mass is 19.4. The highest BCUT2D eigenvalue weighted by Gasteiger charge is 2.42. The number of anilines is 1. The van der Waals surface area contributed by atoms with E-state index in [1.807, 2.05) is 0 Å². The second kappa shape index (κ2) is 5.40. The van der Waals surface area contributed by atoms with Gasteiger partial charge in [0.25, 0.3) is 0 Å². The van der Waals surface area contributed by atoms with Crippen molar-refractivity contribution >= 4 is 5.69 Å². The summed E-state index contributed by atoms with van der Waals surface area (Å²) in [6.45, 7) is 0.653. The molecule has 3 nitrogen and oxygen atoms in total. The number of hydrogen-bond acceptors (Lipinski definition) is 3. The molecule has 3 rings (SSSR count). The molecule has 0 radical (unpaired) electrons. The fourth-order valence-corrected chi connectivity index (χ4v) is 3.09. The molecule has 1 unspecified atom stereocenters. The van der Waals surface area contributed by atoms with Crippen molar-refractivity contribution in [3.63, 3.8) is 0 Å². The average molecular weight is 301 g/mol. The lowest BCUT2D eigenvalue weighted by Gasteiger charge is -2.47. The van der Waals surface area contributed by atoms with E-state index >= 15 is 0 Å². The van der Waals surface area contributed by atoms with Gasteiger partial charge in [-0.15, -0.1) is 13.2 Å². The summed E-state index contributed by atoms with van der Waals surface area (Å²) in [5.74, 6) is -0.181. The zero-order valence-corrected chi connectivity index (χ0v) is 11.6. The summed E-state index contributed by atoms with van der Waals surface area (Å²) < 4.78 is 47.2. The van der Waals surface area contributed by atoms with Gasteiger partial charge in [-0.2, -0.15) is 0 Å². The Bertz CT molecular complexity index is 500. The van der Waals surface area contributed by atoms with E-state index in [2.05, 4.69) is 10.1 Å². The Kier molecular flexibility index (Phi) is 3.73. The van der Waals surface area contributed by atoms with Crippen LogP contribution in [0, 0.1) is 0 Å². The fourth-order valence-electron chi connectivity index (χ4n) is 3.09. The number of rotatable bonds is 3. The standard InChI is InChI=1S/C15H18F3NO2/c16-15(17,18)21-13-5-2-1-4-12(13)19-11-6-9-20-14(10-11)7-3-8-14/h1-2,4-5,11,19H,3,6-10H2.